The number of alkyl halides is 3. The Kier molecular flexibility index (Phi) is 4.23. The number of fused-ring (bicyclic) bond motifs is 1. The van der Waals surface area contributed by atoms with Gasteiger partial charge in [0.15, 0.2) is 0 Å². The zero-order valence-electron chi connectivity index (χ0n) is 11.7. The Hall–Kier alpha value is -1.75. The van der Waals surface area contributed by atoms with Gasteiger partial charge in [-0.05, 0) is 23.4 Å². The van der Waals surface area contributed by atoms with Crippen LogP contribution in [-0.4, -0.2) is 38.0 Å². The Morgan fingerprint density at radius 1 is 1.43 bits per heavy atom. The molecule has 0 radical (unpaired) electrons. The fourth-order valence-corrected chi connectivity index (χ4v) is 3.90. The van der Waals surface area contributed by atoms with Crippen molar-refractivity contribution in [2.45, 2.75) is 24.3 Å². The molecule has 2 aromatic rings. The van der Waals surface area contributed by atoms with Crippen LogP contribution in [0, 0.1) is 0 Å². The van der Waals surface area contributed by atoms with Crippen molar-refractivity contribution in [2.24, 2.45) is 0 Å². The minimum Gasteiger partial charge on any atom is -0.337 e. The predicted octanol–water partition coefficient (Wildman–Crippen LogP) is 1.75. The second kappa shape index (κ2) is 6.04. The first-order valence-corrected chi connectivity index (χ1v) is 8.46. The molecular weight excluding hydrogens is 351 g/mol. The van der Waals surface area contributed by atoms with E-state index in [1.54, 1.807) is 16.2 Å². The number of hydrogen-bond donors (Lipinski definition) is 1. The maximum absolute atomic E-state index is 12.6. The lowest BCUT2D eigenvalue weighted by molar-refractivity contribution is -0.146. The highest BCUT2D eigenvalue weighted by Crippen LogP contribution is 2.29. The summed E-state index contributed by atoms with van der Waals surface area (Å²) >= 11 is 2.51. The number of nitrogen functional groups attached to an aromatic ring is 1. The fraction of sp³-hybridized carbons (Fsp3) is 0.417. The van der Waals surface area contributed by atoms with Gasteiger partial charge >= 0.3 is 6.18 Å². The Balaban J connectivity index is 1.61. The Labute approximate surface area is 137 Å². The van der Waals surface area contributed by atoms with Gasteiger partial charge in [-0.15, -0.1) is 21.5 Å². The van der Waals surface area contributed by atoms with E-state index in [-0.39, 0.29) is 16.8 Å². The molecule has 1 aliphatic rings. The number of thiophene rings is 1. The highest BCUT2D eigenvalue weighted by Gasteiger charge is 2.38. The van der Waals surface area contributed by atoms with Crippen LogP contribution in [0.3, 0.4) is 0 Å². The maximum Gasteiger partial charge on any atom is 0.453 e. The van der Waals surface area contributed by atoms with Gasteiger partial charge in [-0.1, -0.05) is 11.8 Å². The van der Waals surface area contributed by atoms with E-state index in [2.05, 4.69) is 10.2 Å². The molecular formula is C12H12F3N5OS2. The van der Waals surface area contributed by atoms with E-state index in [0.29, 0.717) is 17.8 Å². The Morgan fingerprint density at radius 3 is 2.91 bits per heavy atom. The maximum atomic E-state index is 12.6. The SMILES string of the molecule is Nn1c(SCC(=O)N2CCc3sccc3C2)nnc1C(F)(F)F. The molecule has 0 aliphatic carbocycles. The van der Waals surface area contributed by atoms with Gasteiger partial charge in [-0.3, -0.25) is 4.79 Å². The molecule has 2 aromatic heterocycles. The van der Waals surface area contributed by atoms with E-state index < -0.39 is 12.0 Å². The molecule has 0 unspecified atom stereocenters. The molecule has 23 heavy (non-hydrogen) atoms. The van der Waals surface area contributed by atoms with Gasteiger partial charge in [0.1, 0.15) is 0 Å². The van der Waals surface area contributed by atoms with Crippen LogP contribution in [0.5, 0.6) is 0 Å². The molecule has 6 nitrogen and oxygen atoms in total. The topological polar surface area (TPSA) is 77.0 Å². The van der Waals surface area contributed by atoms with Crippen molar-refractivity contribution < 1.29 is 18.0 Å². The highest BCUT2D eigenvalue weighted by atomic mass is 32.2. The standard InChI is InChI=1S/C12H12F3N5OS2/c13-12(14,15)10-17-18-11(20(10)16)23-6-9(21)19-3-1-8-7(5-19)2-4-22-8/h2,4H,1,3,5-6,16H2. The molecule has 0 bridgehead atoms. The number of thioether (sulfide) groups is 1. The molecule has 0 saturated carbocycles. The summed E-state index contributed by atoms with van der Waals surface area (Å²) < 4.78 is 38.1. The third-order valence-electron chi connectivity index (χ3n) is 3.40. The first-order chi connectivity index (χ1) is 10.9. The molecule has 124 valence electrons. The number of nitrogens with two attached hydrogens (primary N) is 1. The second-order valence-corrected chi connectivity index (χ2v) is 6.84. The van der Waals surface area contributed by atoms with E-state index in [4.69, 9.17) is 5.84 Å². The number of hydrogen-bond acceptors (Lipinski definition) is 6. The normalized spacial score (nSPS) is 14.8. The second-order valence-electron chi connectivity index (χ2n) is 4.90. The number of carbonyl (C=O) groups is 1. The molecule has 3 rings (SSSR count). The average molecular weight is 363 g/mol. The van der Waals surface area contributed by atoms with Crippen molar-refractivity contribution in [3.8, 4) is 0 Å². The van der Waals surface area contributed by atoms with Crippen LogP contribution < -0.4 is 5.84 Å². The molecule has 11 heteroatoms. The minimum absolute atomic E-state index is 0.0351. The van der Waals surface area contributed by atoms with Crippen molar-refractivity contribution in [2.75, 3.05) is 18.1 Å². The van der Waals surface area contributed by atoms with Crippen LogP contribution in [-0.2, 0) is 23.9 Å². The van der Waals surface area contributed by atoms with Gasteiger partial charge in [0.2, 0.25) is 11.1 Å². The van der Waals surface area contributed by atoms with Gasteiger partial charge in [0.05, 0.1) is 5.75 Å². The molecule has 0 fully saturated rings. The van der Waals surface area contributed by atoms with Crippen LogP contribution in [0.15, 0.2) is 16.6 Å². The van der Waals surface area contributed by atoms with Crippen molar-refractivity contribution in [3.63, 3.8) is 0 Å². The summed E-state index contributed by atoms with van der Waals surface area (Å²) in [5, 5.41) is 8.26. The molecule has 1 amide bonds. The van der Waals surface area contributed by atoms with E-state index in [1.807, 2.05) is 11.4 Å². The van der Waals surface area contributed by atoms with Gasteiger partial charge in [0.25, 0.3) is 5.82 Å². The number of aromatic nitrogens is 3. The average Bonchev–Trinajstić information content (AvgIpc) is 3.09. The van der Waals surface area contributed by atoms with Crippen LogP contribution in [0.4, 0.5) is 13.2 Å². The number of rotatable bonds is 3. The third kappa shape index (κ3) is 3.29. The lowest BCUT2D eigenvalue weighted by Crippen LogP contribution is -2.36. The number of carbonyl (C=O) groups excluding carboxylic acids is 1. The van der Waals surface area contributed by atoms with E-state index in [1.165, 1.54) is 4.88 Å². The smallest absolute Gasteiger partial charge is 0.337 e. The van der Waals surface area contributed by atoms with Gasteiger partial charge < -0.3 is 10.7 Å². The van der Waals surface area contributed by atoms with E-state index in [0.717, 1.165) is 23.7 Å². The van der Waals surface area contributed by atoms with Crippen LogP contribution >= 0.6 is 23.1 Å². The molecule has 1 aliphatic heterocycles. The Bertz CT molecular complexity index is 727. The monoisotopic (exact) mass is 363 g/mol. The summed E-state index contributed by atoms with van der Waals surface area (Å²) in [5.74, 6) is 3.85. The summed E-state index contributed by atoms with van der Waals surface area (Å²) in [7, 11) is 0. The molecule has 0 aromatic carbocycles. The van der Waals surface area contributed by atoms with Gasteiger partial charge in [-0.2, -0.15) is 13.2 Å². The Morgan fingerprint density at radius 2 is 2.22 bits per heavy atom. The first kappa shape index (κ1) is 16.1. The molecule has 0 saturated heterocycles. The third-order valence-corrected chi connectivity index (χ3v) is 5.35. The van der Waals surface area contributed by atoms with Crippen molar-refractivity contribution in [1.82, 2.24) is 19.8 Å². The van der Waals surface area contributed by atoms with Crippen molar-refractivity contribution >= 4 is 29.0 Å². The molecule has 0 atom stereocenters. The fourth-order valence-electron chi connectivity index (χ4n) is 2.25. The quantitative estimate of drug-likeness (QED) is 0.664. The predicted molar refractivity (Wildman–Crippen MR) is 79.3 cm³/mol. The minimum atomic E-state index is -4.67. The zero-order valence-corrected chi connectivity index (χ0v) is 13.3. The lowest BCUT2D eigenvalue weighted by atomic mass is 10.1. The summed E-state index contributed by atoms with van der Waals surface area (Å²) in [6, 6.07) is 1.98. The number of amides is 1. The summed E-state index contributed by atoms with van der Waals surface area (Å²) in [6.07, 6.45) is -3.87. The zero-order chi connectivity index (χ0) is 16.6. The van der Waals surface area contributed by atoms with Gasteiger partial charge in [-0.25, -0.2) is 4.68 Å². The van der Waals surface area contributed by atoms with Crippen molar-refractivity contribution in [3.05, 3.63) is 27.7 Å². The van der Waals surface area contributed by atoms with Crippen molar-refractivity contribution in [1.29, 1.82) is 0 Å². The lowest BCUT2D eigenvalue weighted by Gasteiger charge is -2.26. The summed E-state index contributed by atoms with van der Waals surface area (Å²) in [5.41, 5.74) is 1.13. The van der Waals surface area contributed by atoms with E-state index in [9.17, 15) is 18.0 Å². The number of nitrogens with zero attached hydrogens (tertiary/aromatic N) is 4. The molecule has 0 spiro atoms. The van der Waals surface area contributed by atoms with Gasteiger partial charge in [0, 0.05) is 18.0 Å². The molecule has 2 N–H and O–H groups in total. The first-order valence-electron chi connectivity index (χ1n) is 6.60. The summed E-state index contributed by atoms with van der Waals surface area (Å²) in [6.45, 7) is 1.14. The summed E-state index contributed by atoms with van der Waals surface area (Å²) in [4.78, 5) is 15.2. The largest absolute Gasteiger partial charge is 0.453 e. The van der Waals surface area contributed by atoms with Crippen LogP contribution in [0.25, 0.3) is 0 Å². The van der Waals surface area contributed by atoms with E-state index >= 15 is 0 Å². The van der Waals surface area contributed by atoms with Crippen LogP contribution in [0.2, 0.25) is 0 Å². The molecule has 3 heterocycles. The van der Waals surface area contributed by atoms with Crippen LogP contribution in [0.1, 0.15) is 16.3 Å². The highest BCUT2D eigenvalue weighted by molar-refractivity contribution is 7.99. The number of halogens is 3.